The Bertz CT molecular complexity index is 635. The molecule has 2 aromatic rings. The smallest absolute Gasteiger partial charge is 0.142 e. The van der Waals surface area contributed by atoms with Gasteiger partial charge in [-0.15, -0.1) is 0 Å². The van der Waals surface area contributed by atoms with Crippen molar-refractivity contribution in [1.82, 2.24) is 9.78 Å². The van der Waals surface area contributed by atoms with Crippen LogP contribution >= 0.6 is 11.6 Å². The number of carbonyl (C=O) groups excluding carboxylic acids is 1. The van der Waals surface area contributed by atoms with Crippen LogP contribution in [0.5, 0.6) is 0 Å². The zero-order chi connectivity index (χ0) is 13.0. The fraction of sp³-hybridized carbons (Fsp3) is 0. The average molecular weight is 258 g/mol. The van der Waals surface area contributed by atoms with Gasteiger partial charge < -0.3 is 0 Å². The molecular weight excluding hydrogens is 250 g/mol. The molecule has 2 rings (SSSR count). The summed E-state index contributed by atoms with van der Waals surface area (Å²) in [5, 5.41) is 13.8. The van der Waals surface area contributed by atoms with Gasteiger partial charge in [-0.3, -0.25) is 4.79 Å². The van der Waals surface area contributed by atoms with Crippen molar-refractivity contribution >= 4 is 24.0 Å². The van der Waals surface area contributed by atoms with Crippen molar-refractivity contribution in [3.63, 3.8) is 0 Å². The maximum Gasteiger partial charge on any atom is 0.142 e. The molecule has 0 aliphatic heterocycles. The third kappa shape index (κ3) is 2.47. The number of nitriles is 1. The minimum absolute atomic E-state index is 0.406. The van der Waals surface area contributed by atoms with Gasteiger partial charge in [0, 0.05) is 11.2 Å². The predicted octanol–water partition coefficient (Wildman–Crippen LogP) is 2.61. The summed E-state index contributed by atoms with van der Waals surface area (Å²) in [6.45, 7) is 0. The van der Waals surface area contributed by atoms with Gasteiger partial charge in [0.1, 0.15) is 18.0 Å². The fourth-order valence-corrected chi connectivity index (χ4v) is 1.58. The highest BCUT2D eigenvalue weighted by Crippen LogP contribution is 2.15. The quantitative estimate of drug-likeness (QED) is 0.627. The van der Waals surface area contributed by atoms with E-state index < -0.39 is 0 Å². The molecule has 0 saturated heterocycles. The van der Waals surface area contributed by atoms with E-state index in [4.69, 9.17) is 16.9 Å². The van der Waals surface area contributed by atoms with Crippen LogP contribution in [-0.2, 0) is 4.79 Å². The lowest BCUT2D eigenvalue weighted by atomic mass is 10.2. The lowest BCUT2D eigenvalue weighted by molar-refractivity contribution is -0.104. The molecule has 0 fully saturated rings. The van der Waals surface area contributed by atoms with Crippen LogP contribution in [0.3, 0.4) is 0 Å². The monoisotopic (exact) mass is 257 g/mol. The van der Waals surface area contributed by atoms with Gasteiger partial charge in [0.2, 0.25) is 0 Å². The first-order chi connectivity index (χ1) is 8.74. The normalized spacial score (nSPS) is 10.4. The van der Waals surface area contributed by atoms with Crippen LogP contribution in [0.4, 0.5) is 0 Å². The highest BCUT2D eigenvalue weighted by Gasteiger charge is 2.06. The molecule has 0 bridgehead atoms. The van der Waals surface area contributed by atoms with Crippen LogP contribution < -0.4 is 0 Å². The van der Waals surface area contributed by atoms with Crippen LogP contribution in [0.1, 0.15) is 11.3 Å². The van der Waals surface area contributed by atoms with E-state index in [1.807, 2.05) is 6.07 Å². The summed E-state index contributed by atoms with van der Waals surface area (Å²) in [4.78, 5) is 10.3. The number of aldehydes is 1. The van der Waals surface area contributed by atoms with Gasteiger partial charge in [-0.1, -0.05) is 11.6 Å². The lowest BCUT2D eigenvalue weighted by Crippen LogP contribution is -1.94. The minimum atomic E-state index is 0.406. The number of nitrogens with zero attached hydrogens (tertiary/aromatic N) is 3. The number of hydrogen-bond donors (Lipinski definition) is 0. The number of rotatable bonds is 3. The molecule has 0 N–H and O–H groups in total. The van der Waals surface area contributed by atoms with E-state index in [0.29, 0.717) is 22.6 Å². The summed E-state index contributed by atoms with van der Waals surface area (Å²) in [6.07, 6.45) is 5.05. The molecule has 88 valence electrons. The molecule has 0 unspecified atom stereocenters. The highest BCUT2D eigenvalue weighted by molar-refractivity contribution is 6.30. The van der Waals surface area contributed by atoms with Crippen LogP contribution in [0.25, 0.3) is 11.8 Å². The number of hydrogen-bond acceptors (Lipinski definition) is 3. The third-order valence-electron chi connectivity index (χ3n) is 2.29. The third-order valence-corrected chi connectivity index (χ3v) is 2.54. The van der Waals surface area contributed by atoms with Gasteiger partial charge in [0.15, 0.2) is 0 Å². The molecule has 0 spiro atoms. The van der Waals surface area contributed by atoms with Gasteiger partial charge >= 0.3 is 0 Å². The van der Waals surface area contributed by atoms with Gasteiger partial charge in [-0.2, -0.15) is 10.4 Å². The summed E-state index contributed by atoms with van der Waals surface area (Å²) in [6, 6.07) is 9.10. The van der Waals surface area contributed by atoms with E-state index in [-0.39, 0.29) is 0 Å². The topological polar surface area (TPSA) is 58.7 Å². The van der Waals surface area contributed by atoms with Crippen molar-refractivity contribution in [3.8, 4) is 11.8 Å². The number of halogens is 1. The SMILES string of the molecule is N#Cc1cn(-c2ccc(Cl)cc2)nc1/C=C/C=O. The first-order valence-corrected chi connectivity index (χ1v) is 5.50. The Balaban J connectivity index is 2.44. The second kappa shape index (κ2) is 5.30. The first kappa shape index (κ1) is 12.1. The molecule has 1 aromatic heterocycles. The fourth-order valence-electron chi connectivity index (χ4n) is 1.45. The Morgan fingerprint density at radius 2 is 2.06 bits per heavy atom. The van der Waals surface area contributed by atoms with E-state index in [1.54, 1.807) is 35.1 Å². The maximum absolute atomic E-state index is 10.3. The van der Waals surface area contributed by atoms with E-state index in [1.165, 1.54) is 12.2 Å². The second-order valence-electron chi connectivity index (χ2n) is 3.46. The summed E-state index contributed by atoms with van der Waals surface area (Å²) in [5.41, 5.74) is 1.66. The molecular formula is C13H8ClN3O. The van der Waals surface area contributed by atoms with Crippen LogP contribution in [0.2, 0.25) is 5.02 Å². The Hall–Kier alpha value is -2.38. The summed E-state index contributed by atoms with van der Waals surface area (Å²) in [5.74, 6) is 0. The van der Waals surface area contributed by atoms with Crippen molar-refractivity contribution in [2.45, 2.75) is 0 Å². The standard InChI is InChI=1S/C13H8ClN3O/c14-11-3-5-12(6-4-11)17-9-10(8-15)13(16-17)2-1-7-18/h1-7,9H/b2-1+. The Labute approximate surface area is 109 Å². The molecule has 1 aromatic carbocycles. The predicted molar refractivity (Wildman–Crippen MR) is 68.4 cm³/mol. The lowest BCUT2D eigenvalue weighted by Gasteiger charge is -1.99. The molecule has 1 heterocycles. The number of allylic oxidation sites excluding steroid dienone is 1. The molecule has 0 amide bonds. The zero-order valence-electron chi connectivity index (χ0n) is 9.25. The molecule has 0 aliphatic carbocycles. The highest BCUT2D eigenvalue weighted by atomic mass is 35.5. The summed E-state index contributed by atoms with van der Waals surface area (Å²) in [7, 11) is 0. The first-order valence-electron chi connectivity index (χ1n) is 5.12. The summed E-state index contributed by atoms with van der Waals surface area (Å²) < 4.78 is 1.57. The summed E-state index contributed by atoms with van der Waals surface area (Å²) >= 11 is 5.80. The molecule has 0 atom stereocenters. The van der Waals surface area contributed by atoms with Crippen molar-refractivity contribution in [3.05, 3.63) is 52.8 Å². The molecule has 18 heavy (non-hydrogen) atoms. The van der Waals surface area contributed by atoms with Crippen molar-refractivity contribution in [1.29, 1.82) is 5.26 Å². The van der Waals surface area contributed by atoms with Crippen molar-refractivity contribution in [2.75, 3.05) is 0 Å². The van der Waals surface area contributed by atoms with Crippen LogP contribution in [0.15, 0.2) is 36.5 Å². The van der Waals surface area contributed by atoms with Gasteiger partial charge in [-0.05, 0) is 36.4 Å². The van der Waals surface area contributed by atoms with Gasteiger partial charge in [0.05, 0.1) is 11.3 Å². The minimum Gasteiger partial charge on any atom is -0.299 e. The average Bonchev–Trinajstić information content (AvgIpc) is 2.80. The second-order valence-corrected chi connectivity index (χ2v) is 3.89. The number of benzene rings is 1. The van der Waals surface area contributed by atoms with E-state index >= 15 is 0 Å². The van der Waals surface area contributed by atoms with Crippen LogP contribution in [-0.4, -0.2) is 16.1 Å². The molecule has 0 radical (unpaired) electrons. The molecule has 0 aliphatic rings. The Morgan fingerprint density at radius 3 is 2.67 bits per heavy atom. The van der Waals surface area contributed by atoms with Crippen molar-refractivity contribution in [2.24, 2.45) is 0 Å². The largest absolute Gasteiger partial charge is 0.299 e. The van der Waals surface area contributed by atoms with E-state index in [0.717, 1.165) is 5.69 Å². The molecule has 4 nitrogen and oxygen atoms in total. The number of aromatic nitrogens is 2. The maximum atomic E-state index is 10.3. The Morgan fingerprint density at radius 1 is 1.33 bits per heavy atom. The van der Waals surface area contributed by atoms with E-state index in [9.17, 15) is 4.79 Å². The van der Waals surface area contributed by atoms with Crippen molar-refractivity contribution < 1.29 is 4.79 Å². The van der Waals surface area contributed by atoms with E-state index in [2.05, 4.69) is 5.10 Å². The zero-order valence-corrected chi connectivity index (χ0v) is 10.0. The van der Waals surface area contributed by atoms with Crippen LogP contribution in [0, 0.1) is 11.3 Å². The number of carbonyl (C=O) groups is 1. The molecule has 5 heteroatoms. The Kier molecular flexibility index (Phi) is 3.56. The van der Waals surface area contributed by atoms with Gasteiger partial charge in [-0.25, -0.2) is 4.68 Å². The molecule has 0 saturated carbocycles. The van der Waals surface area contributed by atoms with Gasteiger partial charge in [0.25, 0.3) is 0 Å².